The molecule has 0 heterocycles. The molecule has 5 heteroatoms. The number of aliphatic hydroxyl groups is 1. The normalized spacial score (nSPS) is 15.1. The number of hydrogen-bond acceptors (Lipinski definition) is 5. The Bertz CT molecular complexity index is 402. The van der Waals surface area contributed by atoms with E-state index in [1.54, 1.807) is 19.2 Å². The highest BCUT2D eigenvalue weighted by atomic mass is 16.5. The van der Waals surface area contributed by atoms with Crippen LogP contribution < -0.4 is 10.1 Å². The van der Waals surface area contributed by atoms with E-state index in [0.717, 1.165) is 25.6 Å². The van der Waals surface area contributed by atoms with Crippen molar-refractivity contribution in [1.82, 2.24) is 0 Å². The van der Waals surface area contributed by atoms with Gasteiger partial charge in [0.25, 0.3) is 0 Å². The molecule has 100 valence electrons. The van der Waals surface area contributed by atoms with Crippen LogP contribution in [0.5, 0.6) is 5.75 Å². The van der Waals surface area contributed by atoms with Crippen LogP contribution in [-0.2, 0) is 9.53 Å². The van der Waals surface area contributed by atoms with Gasteiger partial charge in [-0.05, 0) is 25.0 Å². The lowest BCUT2D eigenvalue weighted by molar-refractivity contribution is -0.131. The second-order valence-corrected chi connectivity index (χ2v) is 3.94. The molecule has 2 N–H and O–H groups in total. The number of rotatable bonds is 4. The minimum absolute atomic E-state index is 0.213. The molecule has 2 rings (SSSR count). The lowest BCUT2D eigenvalue weighted by Gasteiger charge is -2.17. The molecular weight excluding hydrogens is 234 g/mol. The van der Waals surface area contributed by atoms with Crippen molar-refractivity contribution in [3.63, 3.8) is 0 Å². The average molecular weight is 253 g/mol. The molecule has 5 nitrogen and oxygen atoms in total. The van der Waals surface area contributed by atoms with Crippen LogP contribution >= 0.6 is 0 Å². The van der Waals surface area contributed by atoms with Gasteiger partial charge in [0, 0.05) is 32.9 Å². The molecule has 18 heavy (non-hydrogen) atoms. The number of carbonyl (C=O) groups excluding carboxylic acids is 1. The zero-order valence-electron chi connectivity index (χ0n) is 10.9. The van der Waals surface area contributed by atoms with E-state index < -0.39 is 0 Å². The zero-order chi connectivity index (χ0) is 13.6. The Morgan fingerprint density at radius 3 is 2.56 bits per heavy atom. The van der Waals surface area contributed by atoms with Crippen LogP contribution in [0, 0.1) is 0 Å². The summed E-state index contributed by atoms with van der Waals surface area (Å²) < 4.78 is 10.4. The van der Waals surface area contributed by atoms with Gasteiger partial charge in [-0.15, -0.1) is 0 Å². The van der Waals surface area contributed by atoms with E-state index in [1.165, 1.54) is 6.92 Å². The van der Waals surface area contributed by atoms with Crippen LogP contribution in [0.2, 0.25) is 0 Å². The molecule has 1 saturated carbocycles. The second-order valence-electron chi connectivity index (χ2n) is 3.94. The number of ether oxygens (including phenoxy) is 2. The molecule has 0 amide bonds. The van der Waals surface area contributed by atoms with Crippen molar-refractivity contribution in [1.29, 1.82) is 0 Å². The van der Waals surface area contributed by atoms with Gasteiger partial charge in [0.05, 0.1) is 0 Å². The van der Waals surface area contributed by atoms with Crippen molar-refractivity contribution in [2.24, 2.45) is 0 Å². The Morgan fingerprint density at radius 2 is 2.06 bits per heavy atom. The molecule has 0 radical (unpaired) electrons. The van der Waals surface area contributed by atoms with Crippen LogP contribution in [0.15, 0.2) is 24.3 Å². The summed E-state index contributed by atoms with van der Waals surface area (Å²) in [6.07, 6.45) is 2.00. The van der Waals surface area contributed by atoms with E-state index in [-0.39, 0.29) is 11.7 Å². The average Bonchev–Trinajstić information content (AvgIpc) is 3.12. The third-order valence-electron chi connectivity index (χ3n) is 2.56. The molecule has 1 aromatic carbocycles. The fourth-order valence-corrected chi connectivity index (χ4v) is 1.56. The lowest BCUT2D eigenvalue weighted by Crippen LogP contribution is -2.23. The fraction of sp³-hybridized carbons (Fsp3) is 0.462. The summed E-state index contributed by atoms with van der Waals surface area (Å²) in [5, 5.41) is 10.3. The molecule has 0 unspecified atom stereocenters. The number of methoxy groups -OCH3 is 1. The van der Waals surface area contributed by atoms with E-state index in [1.807, 2.05) is 12.1 Å². The topological polar surface area (TPSA) is 67.8 Å². The van der Waals surface area contributed by atoms with Crippen molar-refractivity contribution >= 4 is 11.7 Å². The molecule has 0 saturated heterocycles. The Hall–Kier alpha value is -1.59. The Balaban J connectivity index is 0.000000771. The highest BCUT2D eigenvalue weighted by molar-refractivity contribution is 5.70. The number of nitrogens with one attached hydrogen (secondary N) is 1. The van der Waals surface area contributed by atoms with Crippen LogP contribution in [0.25, 0.3) is 0 Å². The van der Waals surface area contributed by atoms with Crippen molar-refractivity contribution < 1.29 is 19.4 Å². The third-order valence-corrected chi connectivity index (χ3v) is 2.56. The summed E-state index contributed by atoms with van der Waals surface area (Å²) >= 11 is 0. The van der Waals surface area contributed by atoms with E-state index >= 15 is 0 Å². The van der Waals surface area contributed by atoms with Gasteiger partial charge < -0.3 is 19.9 Å². The van der Waals surface area contributed by atoms with Crippen molar-refractivity contribution in [3.8, 4) is 5.75 Å². The predicted molar refractivity (Wildman–Crippen MR) is 68.5 cm³/mol. The number of anilines is 1. The first kappa shape index (κ1) is 14.5. The number of aliphatic hydroxyl groups excluding tert-OH is 1. The Kier molecular flexibility index (Phi) is 5.12. The number of carbonyl (C=O) groups is 1. The summed E-state index contributed by atoms with van der Waals surface area (Å²) in [7, 11) is 2.69. The van der Waals surface area contributed by atoms with Crippen LogP contribution in [0.3, 0.4) is 0 Å². The predicted octanol–water partition coefficient (Wildman–Crippen LogP) is 1.77. The number of esters is 1. The van der Waals surface area contributed by atoms with E-state index in [2.05, 4.69) is 5.32 Å². The molecule has 0 aliphatic heterocycles. The highest BCUT2D eigenvalue weighted by Gasteiger charge is 2.43. The van der Waals surface area contributed by atoms with Crippen molar-refractivity contribution in [2.75, 3.05) is 19.5 Å². The number of hydrogen-bond donors (Lipinski definition) is 2. The Morgan fingerprint density at radius 1 is 1.39 bits per heavy atom. The molecule has 1 fully saturated rings. The second kappa shape index (κ2) is 6.37. The first-order valence-electron chi connectivity index (χ1n) is 5.70. The van der Waals surface area contributed by atoms with Gasteiger partial charge in [-0.1, -0.05) is 6.07 Å². The summed E-state index contributed by atoms with van der Waals surface area (Å²) in [5.41, 5.74) is 0.688. The maximum absolute atomic E-state index is 10.8. The smallest absolute Gasteiger partial charge is 0.308 e. The van der Waals surface area contributed by atoms with Gasteiger partial charge in [0.15, 0.2) is 0 Å². The van der Waals surface area contributed by atoms with Gasteiger partial charge >= 0.3 is 5.97 Å². The van der Waals surface area contributed by atoms with E-state index in [9.17, 15) is 4.79 Å². The van der Waals surface area contributed by atoms with Crippen LogP contribution in [-0.4, -0.2) is 31.0 Å². The molecule has 1 aromatic rings. The SMILES string of the molecule is CO.COC1(Nc2cccc(OC(C)=O)c2)CC1. The first-order chi connectivity index (χ1) is 8.63. The number of benzene rings is 1. The van der Waals surface area contributed by atoms with Crippen LogP contribution in [0.1, 0.15) is 19.8 Å². The Labute approximate surface area is 107 Å². The maximum Gasteiger partial charge on any atom is 0.308 e. The summed E-state index contributed by atoms with van der Waals surface area (Å²) in [6, 6.07) is 7.30. The van der Waals surface area contributed by atoms with Gasteiger partial charge in [-0.25, -0.2) is 0 Å². The maximum atomic E-state index is 10.8. The molecule has 0 aromatic heterocycles. The molecule has 0 spiro atoms. The molecule has 1 aliphatic carbocycles. The zero-order valence-corrected chi connectivity index (χ0v) is 10.9. The van der Waals surface area contributed by atoms with Gasteiger partial charge in [0.1, 0.15) is 11.5 Å². The summed E-state index contributed by atoms with van der Waals surface area (Å²) in [4.78, 5) is 10.8. The van der Waals surface area contributed by atoms with E-state index in [4.69, 9.17) is 14.6 Å². The fourth-order valence-electron chi connectivity index (χ4n) is 1.56. The van der Waals surface area contributed by atoms with Crippen molar-refractivity contribution in [3.05, 3.63) is 24.3 Å². The molecular formula is C13H19NO4. The van der Waals surface area contributed by atoms with E-state index in [0.29, 0.717) is 5.75 Å². The van der Waals surface area contributed by atoms with Crippen molar-refractivity contribution in [2.45, 2.75) is 25.5 Å². The van der Waals surface area contributed by atoms with Gasteiger partial charge in [-0.2, -0.15) is 0 Å². The van der Waals surface area contributed by atoms with Crippen LogP contribution in [0.4, 0.5) is 5.69 Å². The minimum atomic E-state index is -0.315. The molecule has 1 aliphatic rings. The standard InChI is InChI=1S/C12H15NO3.CH4O/c1-9(14)16-11-5-3-4-10(8-11)13-12(15-2)6-7-12;1-2/h3-5,8,13H,6-7H2,1-2H3;2H,1H3. The minimum Gasteiger partial charge on any atom is -0.427 e. The quantitative estimate of drug-likeness (QED) is 0.486. The van der Waals surface area contributed by atoms with Gasteiger partial charge in [-0.3, -0.25) is 4.79 Å². The first-order valence-corrected chi connectivity index (χ1v) is 5.70. The summed E-state index contributed by atoms with van der Waals surface area (Å²) in [6.45, 7) is 1.39. The molecule has 0 bridgehead atoms. The monoisotopic (exact) mass is 253 g/mol. The molecule has 0 atom stereocenters. The highest BCUT2D eigenvalue weighted by Crippen LogP contribution is 2.39. The summed E-state index contributed by atoms with van der Waals surface area (Å²) in [5.74, 6) is 0.231. The lowest BCUT2D eigenvalue weighted by atomic mass is 10.3. The third kappa shape index (κ3) is 4.01. The largest absolute Gasteiger partial charge is 0.427 e. The van der Waals surface area contributed by atoms with Gasteiger partial charge in [0.2, 0.25) is 0 Å².